The van der Waals surface area contributed by atoms with Crippen LogP contribution < -0.4 is 0 Å². The van der Waals surface area contributed by atoms with Crippen LogP contribution in [0.2, 0.25) is 0 Å². The number of benzene rings is 12. The number of nitrogens with zero attached hydrogens (tertiary/aromatic N) is 4. The average Bonchev–Trinajstić information content (AvgIpc) is 3.95. The highest BCUT2D eigenvalue weighted by Gasteiger charge is 2.23. The van der Waals surface area contributed by atoms with Crippen LogP contribution in [0.3, 0.4) is 0 Å². The summed E-state index contributed by atoms with van der Waals surface area (Å²) in [6.07, 6.45) is 0. The Bertz CT molecular complexity index is 4430. The van der Waals surface area contributed by atoms with Crippen LogP contribution in [0.4, 0.5) is 0 Å². The van der Waals surface area contributed by atoms with Gasteiger partial charge in [0.25, 0.3) is 0 Å². The van der Waals surface area contributed by atoms with Gasteiger partial charge in [-0.3, -0.25) is 0 Å². The van der Waals surface area contributed by atoms with Gasteiger partial charge in [-0.05, 0) is 132 Å². The van der Waals surface area contributed by atoms with Gasteiger partial charge in [-0.15, -0.1) is 0 Å². The molecule has 5 nitrogen and oxygen atoms in total. The molecule has 324 valence electrons. The molecule has 5 heteroatoms. The lowest BCUT2D eigenvalue weighted by atomic mass is 9.94. The molecule has 12 aromatic carbocycles. The van der Waals surface area contributed by atoms with Gasteiger partial charge < -0.3 is 8.98 Å². The molecule has 0 saturated carbocycles. The van der Waals surface area contributed by atoms with E-state index in [0.717, 1.165) is 110 Å². The van der Waals surface area contributed by atoms with Crippen molar-refractivity contribution in [1.82, 2.24) is 19.5 Å². The van der Waals surface area contributed by atoms with Crippen LogP contribution in [0.25, 0.3) is 149 Å². The average molecular weight is 891 g/mol. The van der Waals surface area contributed by atoms with Crippen molar-refractivity contribution in [2.75, 3.05) is 0 Å². The first-order valence-corrected chi connectivity index (χ1v) is 23.7. The zero-order chi connectivity index (χ0) is 45.9. The predicted molar refractivity (Wildman–Crippen MR) is 291 cm³/mol. The summed E-state index contributed by atoms with van der Waals surface area (Å²) in [6.45, 7) is 0. The fourth-order valence-electron chi connectivity index (χ4n) is 11.2. The van der Waals surface area contributed by atoms with Crippen molar-refractivity contribution in [1.29, 1.82) is 0 Å². The molecule has 0 unspecified atom stereocenters. The Balaban J connectivity index is 1.06. The summed E-state index contributed by atoms with van der Waals surface area (Å²) >= 11 is 0. The van der Waals surface area contributed by atoms with Crippen LogP contribution in [-0.2, 0) is 0 Å². The molecule has 3 heterocycles. The van der Waals surface area contributed by atoms with Crippen molar-refractivity contribution in [3.05, 3.63) is 231 Å². The first kappa shape index (κ1) is 38.6. The molecule has 0 spiro atoms. The third-order valence-corrected chi connectivity index (χ3v) is 14.4. The Morgan fingerprint density at radius 3 is 1.39 bits per heavy atom. The minimum atomic E-state index is 0.577. The molecular weight excluding hydrogens is 853 g/mol. The molecule has 15 aromatic rings. The molecular formula is C65H38N4O. The zero-order valence-corrected chi connectivity index (χ0v) is 37.6. The molecule has 0 atom stereocenters. The van der Waals surface area contributed by atoms with E-state index in [2.05, 4.69) is 223 Å². The van der Waals surface area contributed by atoms with Crippen molar-refractivity contribution in [3.63, 3.8) is 0 Å². The molecule has 0 aliphatic rings. The van der Waals surface area contributed by atoms with E-state index in [-0.39, 0.29) is 0 Å². The van der Waals surface area contributed by atoms with E-state index in [1.807, 2.05) is 12.1 Å². The highest BCUT2D eigenvalue weighted by molar-refractivity contribution is 6.16. The molecule has 0 aliphatic carbocycles. The lowest BCUT2D eigenvalue weighted by molar-refractivity contribution is 0.669. The highest BCUT2D eigenvalue weighted by Crippen LogP contribution is 2.43. The van der Waals surface area contributed by atoms with Gasteiger partial charge in [0.2, 0.25) is 0 Å². The van der Waals surface area contributed by atoms with Gasteiger partial charge in [-0.1, -0.05) is 164 Å². The summed E-state index contributed by atoms with van der Waals surface area (Å²) in [4.78, 5) is 16.8. The van der Waals surface area contributed by atoms with Gasteiger partial charge in [-0.2, -0.15) is 0 Å². The van der Waals surface area contributed by atoms with Crippen LogP contribution in [0.15, 0.2) is 235 Å². The molecule has 0 amide bonds. The van der Waals surface area contributed by atoms with E-state index in [4.69, 9.17) is 19.4 Å². The lowest BCUT2D eigenvalue weighted by Crippen LogP contribution is -2.03. The normalized spacial score (nSPS) is 12.0. The number of fused-ring (bicyclic) bond motifs is 11. The molecule has 0 saturated heterocycles. The summed E-state index contributed by atoms with van der Waals surface area (Å²) in [5.74, 6) is 1.80. The predicted octanol–water partition coefficient (Wildman–Crippen LogP) is 17.3. The van der Waals surface area contributed by atoms with E-state index in [1.54, 1.807) is 0 Å². The number of furan rings is 1. The third kappa shape index (κ3) is 5.88. The second kappa shape index (κ2) is 15.0. The molecule has 0 radical (unpaired) electrons. The Morgan fingerprint density at radius 1 is 0.286 bits per heavy atom. The Morgan fingerprint density at radius 2 is 0.771 bits per heavy atom. The Hall–Kier alpha value is -9.45. The minimum absolute atomic E-state index is 0.577. The van der Waals surface area contributed by atoms with Crippen LogP contribution in [-0.4, -0.2) is 19.5 Å². The zero-order valence-electron chi connectivity index (χ0n) is 37.6. The van der Waals surface area contributed by atoms with Crippen LogP contribution >= 0.6 is 0 Å². The molecule has 70 heavy (non-hydrogen) atoms. The van der Waals surface area contributed by atoms with E-state index in [0.29, 0.717) is 17.5 Å². The molecule has 0 bridgehead atoms. The quantitative estimate of drug-likeness (QED) is 0.162. The van der Waals surface area contributed by atoms with Gasteiger partial charge in [0.15, 0.2) is 17.5 Å². The van der Waals surface area contributed by atoms with Gasteiger partial charge in [0.1, 0.15) is 11.2 Å². The van der Waals surface area contributed by atoms with E-state index in [1.165, 1.54) is 21.5 Å². The van der Waals surface area contributed by atoms with Gasteiger partial charge in [0, 0.05) is 43.9 Å². The largest absolute Gasteiger partial charge is 0.456 e. The summed E-state index contributed by atoms with van der Waals surface area (Å²) in [5, 5.41) is 15.8. The number of aromatic nitrogens is 4. The summed E-state index contributed by atoms with van der Waals surface area (Å²) in [6, 6.07) is 82.3. The molecule has 15 rings (SSSR count). The number of para-hydroxylation sites is 2. The van der Waals surface area contributed by atoms with Crippen molar-refractivity contribution in [3.8, 4) is 51.0 Å². The van der Waals surface area contributed by atoms with Crippen molar-refractivity contribution in [2.24, 2.45) is 0 Å². The fraction of sp³-hybridized carbons (Fsp3) is 0. The minimum Gasteiger partial charge on any atom is -0.456 e. The summed E-state index contributed by atoms with van der Waals surface area (Å²) in [5.41, 5.74) is 9.77. The van der Waals surface area contributed by atoms with Crippen LogP contribution in [0.5, 0.6) is 0 Å². The maximum atomic E-state index is 6.59. The summed E-state index contributed by atoms with van der Waals surface area (Å²) in [7, 11) is 0. The second-order valence-corrected chi connectivity index (χ2v) is 18.3. The Kier molecular flexibility index (Phi) is 8.29. The van der Waals surface area contributed by atoms with E-state index >= 15 is 0 Å². The highest BCUT2D eigenvalue weighted by atomic mass is 16.3. The van der Waals surface area contributed by atoms with E-state index < -0.39 is 0 Å². The summed E-state index contributed by atoms with van der Waals surface area (Å²) < 4.78 is 8.99. The number of hydrogen-bond donors (Lipinski definition) is 0. The number of rotatable bonds is 5. The molecule has 0 N–H and O–H groups in total. The monoisotopic (exact) mass is 890 g/mol. The second-order valence-electron chi connectivity index (χ2n) is 18.3. The standard InChI is InChI=1S/C65H38N4O/c1-2-16-40-36-58-56(35-39(40)15-1)51-25-11-13-27-57(51)69(58)46-30-32-54(55(38-46)45-29-31-53-52-26-12-14-28-59(52)70-60(53)37-45)63-66-64(61-47-21-7-3-17-41(47)33-42-18-4-8-22-48(42)61)68-65(67-63)62-49-23-9-5-19-43(49)34-44-20-6-10-24-50(44)62/h1-38H. The van der Waals surface area contributed by atoms with Gasteiger partial charge in [-0.25, -0.2) is 15.0 Å². The fourth-order valence-corrected chi connectivity index (χ4v) is 11.2. The third-order valence-electron chi connectivity index (χ3n) is 14.4. The lowest BCUT2D eigenvalue weighted by Gasteiger charge is -2.17. The van der Waals surface area contributed by atoms with E-state index in [9.17, 15) is 0 Å². The topological polar surface area (TPSA) is 56.7 Å². The van der Waals surface area contributed by atoms with Crippen molar-refractivity contribution < 1.29 is 4.42 Å². The first-order chi connectivity index (χ1) is 34.7. The van der Waals surface area contributed by atoms with Crippen molar-refractivity contribution >= 4 is 97.6 Å². The number of hydrogen-bond acceptors (Lipinski definition) is 4. The van der Waals surface area contributed by atoms with Crippen molar-refractivity contribution in [2.45, 2.75) is 0 Å². The van der Waals surface area contributed by atoms with Crippen LogP contribution in [0.1, 0.15) is 0 Å². The molecule has 3 aromatic heterocycles. The SMILES string of the molecule is c1ccc2cc3c(cc2c1)c1ccccc1n3-c1ccc(-c2nc(-c3c4ccccc4cc4ccccc34)nc(-c3c4ccccc4cc4ccccc34)n2)c(-c2ccc3c(c2)oc2ccccc23)c1. The Labute approximate surface area is 401 Å². The smallest absolute Gasteiger partial charge is 0.165 e. The maximum Gasteiger partial charge on any atom is 0.165 e. The molecule has 0 aliphatic heterocycles. The maximum absolute atomic E-state index is 6.59. The van der Waals surface area contributed by atoms with Crippen LogP contribution in [0, 0.1) is 0 Å². The molecule has 0 fully saturated rings. The first-order valence-electron chi connectivity index (χ1n) is 23.7. The van der Waals surface area contributed by atoms with Gasteiger partial charge >= 0.3 is 0 Å². The van der Waals surface area contributed by atoms with Gasteiger partial charge in [0.05, 0.1) is 11.0 Å².